The number of para-hydroxylation sites is 2. The summed E-state index contributed by atoms with van der Waals surface area (Å²) in [6.07, 6.45) is 4.67. The van der Waals surface area contributed by atoms with Gasteiger partial charge < -0.3 is 18.6 Å². The molecule has 0 N–H and O–H groups in total. The summed E-state index contributed by atoms with van der Waals surface area (Å²) in [5.41, 5.74) is 6.05. The van der Waals surface area contributed by atoms with Gasteiger partial charge in [0.25, 0.3) is 0 Å². The summed E-state index contributed by atoms with van der Waals surface area (Å²) in [5.74, 6) is -0.0636. The number of unbranched alkanes of at least 4 members (excludes halogenated alkanes) is 2. The van der Waals surface area contributed by atoms with Crippen molar-refractivity contribution < 1.29 is 19.1 Å². The molecule has 0 saturated heterocycles. The van der Waals surface area contributed by atoms with Crippen LogP contribution in [0.15, 0.2) is 72.8 Å². The molecule has 2 aromatic heterocycles. The van der Waals surface area contributed by atoms with Crippen LogP contribution in [0.2, 0.25) is 0 Å². The van der Waals surface area contributed by atoms with Gasteiger partial charge in [0, 0.05) is 34.1 Å². The number of hydrogen-bond acceptors (Lipinski definition) is 4. The number of carbonyl (C=O) groups is 2. The second-order valence-electron chi connectivity index (χ2n) is 10.9. The number of methoxy groups -OCH3 is 1. The average molecular weight is 565 g/mol. The van der Waals surface area contributed by atoms with Gasteiger partial charge in [0.05, 0.1) is 23.9 Å². The summed E-state index contributed by atoms with van der Waals surface area (Å²) in [6.45, 7) is 9.20. The van der Waals surface area contributed by atoms with Gasteiger partial charge in [-0.1, -0.05) is 81.6 Å². The molecule has 1 unspecified atom stereocenters. The molecule has 218 valence electrons. The zero-order valence-electron chi connectivity index (χ0n) is 25.3. The Morgan fingerprint density at radius 3 is 2.14 bits per heavy atom. The molecule has 0 aliphatic carbocycles. The SMILES string of the molecule is CCCCC(C(=O)OC)n1c(C)c(-c2ccccc2C(=O)Oc2c(C)n(CCCC)c3ccccc23)c2ccccc21. The number of benzene rings is 3. The van der Waals surface area contributed by atoms with Crippen molar-refractivity contribution in [2.24, 2.45) is 0 Å². The first-order valence-corrected chi connectivity index (χ1v) is 15.0. The van der Waals surface area contributed by atoms with Crippen molar-refractivity contribution in [2.45, 2.75) is 72.4 Å². The van der Waals surface area contributed by atoms with E-state index in [0.29, 0.717) is 17.7 Å². The predicted molar refractivity (Wildman–Crippen MR) is 169 cm³/mol. The minimum Gasteiger partial charge on any atom is -0.467 e. The van der Waals surface area contributed by atoms with E-state index in [0.717, 1.165) is 76.5 Å². The van der Waals surface area contributed by atoms with Crippen LogP contribution in [0.5, 0.6) is 5.75 Å². The van der Waals surface area contributed by atoms with Crippen molar-refractivity contribution in [3.05, 3.63) is 89.7 Å². The molecule has 2 heterocycles. The molecule has 1 atom stereocenters. The molecule has 5 rings (SSSR count). The third-order valence-electron chi connectivity index (χ3n) is 8.29. The molecule has 5 aromatic rings. The normalized spacial score (nSPS) is 12.1. The number of aromatic nitrogens is 2. The van der Waals surface area contributed by atoms with E-state index in [2.05, 4.69) is 35.1 Å². The van der Waals surface area contributed by atoms with Crippen LogP contribution in [0.3, 0.4) is 0 Å². The van der Waals surface area contributed by atoms with Crippen molar-refractivity contribution in [2.75, 3.05) is 7.11 Å². The van der Waals surface area contributed by atoms with Gasteiger partial charge in [-0.25, -0.2) is 9.59 Å². The van der Waals surface area contributed by atoms with Gasteiger partial charge in [-0.2, -0.15) is 0 Å². The Morgan fingerprint density at radius 2 is 1.43 bits per heavy atom. The lowest BCUT2D eigenvalue weighted by molar-refractivity contribution is -0.144. The lowest BCUT2D eigenvalue weighted by Crippen LogP contribution is -2.22. The van der Waals surface area contributed by atoms with Gasteiger partial charge in [0.15, 0.2) is 5.75 Å². The van der Waals surface area contributed by atoms with Crippen LogP contribution in [0.25, 0.3) is 32.9 Å². The van der Waals surface area contributed by atoms with Crippen LogP contribution in [0.4, 0.5) is 0 Å². The third-order valence-corrected chi connectivity index (χ3v) is 8.29. The lowest BCUT2D eigenvalue weighted by atomic mass is 9.97. The molecule has 0 aliphatic rings. The molecule has 6 nitrogen and oxygen atoms in total. The number of nitrogens with zero attached hydrogens (tertiary/aromatic N) is 2. The number of aryl methyl sites for hydroxylation is 1. The minimum absolute atomic E-state index is 0.263. The first-order valence-electron chi connectivity index (χ1n) is 15.0. The van der Waals surface area contributed by atoms with E-state index in [1.807, 2.05) is 74.5 Å². The molecule has 0 aliphatic heterocycles. The second-order valence-corrected chi connectivity index (χ2v) is 10.9. The quantitative estimate of drug-likeness (QED) is 0.150. The maximum atomic E-state index is 14.0. The van der Waals surface area contributed by atoms with E-state index in [4.69, 9.17) is 9.47 Å². The standard InChI is InChI=1S/C36H40N2O4/c1-6-8-20-32(36(40)41-5)38-24(3)33(28-18-12-15-22-31(28)38)26-16-10-11-17-27(26)35(39)42-34-25(4)37(23-9-7-2)30-21-14-13-19-29(30)34/h10-19,21-22,32H,6-9,20,23H2,1-5H3. The predicted octanol–water partition coefficient (Wildman–Crippen LogP) is 8.80. The van der Waals surface area contributed by atoms with E-state index in [9.17, 15) is 9.59 Å². The van der Waals surface area contributed by atoms with Crippen molar-refractivity contribution in [3.63, 3.8) is 0 Å². The highest BCUT2D eigenvalue weighted by atomic mass is 16.5. The first-order chi connectivity index (χ1) is 20.4. The number of ether oxygens (including phenoxy) is 2. The summed E-state index contributed by atoms with van der Waals surface area (Å²) in [4.78, 5) is 27.0. The Balaban J connectivity index is 1.63. The first kappa shape index (κ1) is 29.2. The largest absolute Gasteiger partial charge is 0.467 e. The Kier molecular flexibility index (Phi) is 8.81. The molecule has 0 fully saturated rings. The second kappa shape index (κ2) is 12.7. The fraction of sp³-hybridized carbons (Fsp3) is 0.333. The monoisotopic (exact) mass is 564 g/mol. The fourth-order valence-corrected chi connectivity index (χ4v) is 6.18. The molecule has 6 heteroatoms. The van der Waals surface area contributed by atoms with Gasteiger partial charge in [-0.3, -0.25) is 0 Å². The maximum absolute atomic E-state index is 14.0. The molecular formula is C36H40N2O4. The summed E-state index contributed by atoms with van der Waals surface area (Å²) >= 11 is 0. The average Bonchev–Trinajstić information content (AvgIpc) is 3.45. The highest BCUT2D eigenvalue weighted by molar-refractivity contribution is 6.07. The van der Waals surface area contributed by atoms with Gasteiger partial charge in [-0.05, 0) is 56.5 Å². The van der Waals surface area contributed by atoms with Gasteiger partial charge in [-0.15, -0.1) is 0 Å². The number of esters is 2. The van der Waals surface area contributed by atoms with Crippen LogP contribution in [-0.4, -0.2) is 28.2 Å². The van der Waals surface area contributed by atoms with Crippen LogP contribution in [0.1, 0.15) is 73.7 Å². The molecule has 0 amide bonds. The molecule has 3 aromatic carbocycles. The summed E-state index contributed by atoms with van der Waals surface area (Å²) < 4.78 is 15.8. The third kappa shape index (κ3) is 5.22. The van der Waals surface area contributed by atoms with E-state index >= 15 is 0 Å². The van der Waals surface area contributed by atoms with Crippen molar-refractivity contribution in [3.8, 4) is 16.9 Å². The minimum atomic E-state index is -0.454. The fourth-order valence-electron chi connectivity index (χ4n) is 6.18. The number of fused-ring (bicyclic) bond motifs is 2. The Labute approximate surface area is 247 Å². The van der Waals surface area contributed by atoms with Crippen LogP contribution >= 0.6 is 0 Å². The van der Waals surface area contributed by atoms with Gasteiger partial charge >= 0.3 is 11.9 Å². The zero-order chi connectivity index (χ0) is 29.8. The van der Waals surface area contributed by atoms with E-state index in [1.54, 1.807) is 0 Å². The number of rotatable bonds is 11. The Morgan fingerprint density at radius 1 is 0.786 bits per heavy atom. The molecule has 0 spiro atoms. The van der Waals surface area contributed by atoms with Gasteiger partial charge in [0.1, 0.15) is 6.04 Å². The van der Waals surface area contributed by atoms with Crippen molar-refractivity contribution in [1.82, 2.24) is 9.13 Å². The van der Waals surface area contributed by atoms with Crippen LogP contribution in [0, 0.1) is 13.8 Å². The Hall–Kier alpha value is -4.32. The topological polar surface area (TPSA) is 62.5 Å². The summed E-state index contributed by atoms with van der Waals surface area (Å²) in [5, 5.41) is 1.91. The van der Waals surface area contributed by atoms with Crippen molar-refractivity contribution >= 4 is 33.7 Å². The molecule has 0 bridgehead atoms. The highest BCUT2D eigenvalue weighted by Crippen LogP contribution is 2.40. The smallest absolute Gasteiger partial charge is 0.344 e. The summed E-state index contributed by atoms with van der Waals surface area (Å²) in [7, 11) is 1.44. The number of hydrogen-bond donors (Lipinski definition) is 0. The lowest BCUT2D eigenvalue weighted by Gasteiger charge is -2.20. The molecule has 42 heavy (non-hydrogen) atoms. The summed E-state index contributed by atoms with van der Waals surface area (Å²) in [6, 6.07) is 23.3. The van der Waals surface area contributed by atoms with E-state index in [-0.39, 0.29) is 5.97 Å². The van der Waals surface area contributed by atoms with Crippen LogP contribution in [-0.2, 0) is 16.1 Å². The molecular weight excluding hydrogens is 524 g/mol. The van der Waals surface area contributed by atoms with Crippen molar-refractivity contribution in [1.29, 1.82) is 0 Å². The van der Waals surface area contributed by atoms with E-state index in [1.165, 1.54) is 7.11 Å². The van der Waals surface area contributed by atoms with Gasteiger partial charge in [0.2, 0.25) is 0 Å². The highest BCUT2D eigenvalue weighted by Gasteiger charge is 2.29. The maximum Gasteiger partial charge on any atom is 0.344 e. The zero-order valence-corrected chi connectivity index (χ0v) is 25.3. The van der Waals surface area contributed by atoms with Crippen LogP contribution < -0.4 is 4.74 Å². The molecule has 0 radical (unpaired) electrons. The Bertz CT molecular complexity index is 1740. The number of carbonyl (C=O) groups excluding carboxylic acids is 2. The van der Waals surface area contributed by atoms with E-state index < -0.39 is 12.0 Å². The molecule has 0 saturated carbocycles.